The van der Waals surface area contributed by atoms with E-state index in [1.54, 1.807) is 24.5 Å². The predicted octanol–water partition coefficient (Wildman–Crippen LogP) is 3.57. The number of halogens is 3. The van der Waals surface area contributed by atoms with Gasteiger partial charge in [-0.2, -0.15) is 18.3 Å². The van der Waals surface area contributed by atoms with Gasteiger partial charge in [-0.15, -0.1) is 0 Å². The SMILES string of the molecule is CCCCOc1ccc(CNC(=O)c2cc(-c3ccncc3)n[nH]c2=O)cc1.O=C(O)C(F)(F)F. The second-order valence-electron chi connectivity index (χ2n) is 7.06. The first-order valence-electron chi connectivity index (χ1n) is 10.4. The van der Waals surface area contributed by atoms with E-state index in [2.05, 4.69) is 27.4 Å². The molecule has 1 amide bonds. The number of carbonyl (C=O) groups is 2. The lowest BCUT2D eigenvalue weighted by atomic mass is 10.1. The first-order valence-corrected chi connectivity index (χ1v) is 10.4. The van der Waals surface area contributed by atoms with Crippen molar-refractivity contribution in [3.05, 3.63) is 76.3 Å². The summed E-state index contributed by atoms with van der Waals surface area (Å²) in [5.74, 6) is -2.41. The fourth-order valence-electron chi connectivity index (χ4n) is 2.56. The Labute approximate surface area is 198 Å². The van der Waals surface area contributed by atoms with E-state index in [-0.39, 0.29) is 5.56 Å². The molecule has 0 fully saturated rings. The van der Waals surface area contributed by atoms with Gasteiger partial charge in [-0.05, 0) is 42.3 Å². The van der Waals surface area contributed by atoms with Crippen LogP contribution >= 0.6 is 0 Å². The quantitative estimate of drug-likeness (QED) is 0.409. The molecule has 35 heavy (non-hydrogen) atoms. The van der Waals surface area contributed by atoms with Crippen LogP contribution in [0.15, 0.2) is 59.7 Å². The van der Waals surface area contributed by atoms with Crippen LogP contribution in [0.2, 0.25) is 0 Å². The van der Waals surface area contributed by atoms with Crippen LogP contribution in [0, 0.1) is 0 Å². The normalized spacial score (nSPS) is 10.6. The summed E-state index contributed by atoms with van der Waals surface area (Å²) in [6.07, 6.45) is 0.260. The van der Waals surface area contributed by atoms with Crippen molar-refractivity contribution in [2.45, 2.75) is 32.5 Å². The molecule has 0 aliphatic carbocycles. The number of carboxylic acid groups (broad SMARTS) is 1. The van der Waals surface area contributed by atoms with E-state index >= 15 is 0 Å². The molecular weight excluding hydrogens is 469 g/mol. The maximum atomic E-state index is 12.5. The molecule has 0 spiro atoms. The topological polar surface area (TPSA) is 134 Å². The number of benzene rings is 1. The first kappa shape index (κ1) is 27.0. The van der Waals surface area contributed by atoms with Crippen molar-refractivity contribution >= 4 is 11.9 Å². The number of aromatic nitrogens is 3. The molecule has 12 heteroatoms. The summed E-state index contributed by atoms with van der Waals surface area (Å²) < 4.78 is 37.4. The largest absolute Gasteiger partial charge is 0.494 e. The Kier molecular flexibility index (Phi) is 9.94. The second-order valence-corrected chi connectivity index (χ2v) is 7.06. The molecule has 0 atom stereocenters. The Balaban J connectivity index is 0.000000540. The number of carboxylic acids is 1. The van der Waals surface area contributed by atoms with Crippen molar-refractivity contribution in [2.24, 2.45) is 0 Å². The van der Waals surface area contributed by atoms with Gasteiger partial charge < -0.3 is 15.2 Å². The minimum absolute atomic E-state index is 0.0151. The summed E-state index contributed by atoms with van der Waals surface area (Å²) >= 11 is 0. The standard InChI is InChI=1S/C21H22N4O3.C2HF3O2/c1-2-3-12-28-17-6-4-15(5-7-17)14-23-20(26)18-13-19(24-25-21(18)27)16-8-10-22-11-9-16;3-2(4,5)1(6)7/h4-11,13H,2-3,12,14H2,1H3,(H,23,26)(H,25,27);(H,6,7). The van der Waals surface area contributed by atoms with Crippen LogP contribution in [-0.2, 0) is 11.3 Å². The highest BCUT2D eigenvalue weighted by Crippen LogP contribution is 2.15. The molecule has 2 heterocycles. The smallest absolute Gasteiger partial charge is 0.490 e. The van der Waals surface area contributed by atoms with Crippen LogP contribution < -0.4 is 15.6 Å². The summed E-state index contributed by atoms with van der Waals surface area (Å²) in [6, 6.07) is 12.5. The van der Waals surface area contributed by atoms with Gasteiger partial charge in [0.15, 0.2) is 0 Å². The highest BCUT2D eigenvalue weighted by molar-refractivity contribution is 5.94. The molecule has 0 saturated heterocycles. The Hall–Kier alpha value is -4.22. The average molecular weight is 492 g/mol. The lowest BCUT2D eigenvalue weighted by molar-refractivity contribution is -0.192. The zero-order valence-corrected chi connectivity index (χ0v) is 18.6. The third-order valence-electron chi connectivity index (χ3n) is 4.41. The zero-order valence-electron chi connectivity index (χ0n) is 18.6. The van der Waals surface area contributed by atoms with Gasteiger partial charge in [-0.25, -0.2) is 9.89 Å². The number of pyridine rings is 1. The van der Waals surface area contributed by atoms with Crippen LogP contribution in [0.3, 0.4) is 0 Å². The summed E-state index contributed by atoms with van der Waals surface area (Å²) in [7, 11) is 0. The van der Waals surface area contributed by atoms with E-state index in [1.165, 1.54) is 6.07 Å². The number of alkyl halides is 3. The Morgan fingerprint density at radius 2 is 1.74 bits per heavy atom. The van der Waals surface area contributed by atoms with E-state index in [4.69, 9.17) is 14.6 Å². The average Bonchev–Trinajstić information content (AvgIpc) is 2.84. The lowest BCUT2D eigenvalue weighted by Gasteiger charge is -2.08. The number of H-pyrrole nitrogens is 1. The minimum Gasteiger partial charge on any atom is -0.494 e. The van der Waals surface area contributed by atoms with E-state index in [0.717, 1.165) is 29.7 Å². The number of nitrogens with zero attached hydrogens (tertiary/aromatic N) is 2. The summed E-state index contributed by atoms with van der Waals surface area (Å²) in [6.45, 7) is 3.11. The lowest BCUT2D eigenvalue weighted by Crippen LogP contribution is -2.29. The molecule has 2 aromatic heterocycles. The van der Waals surface area contributed by atoms with Crippen molar-refractivity contribution in [2.75, 3.05) is 6.61 Å². The highest BCUT2D eigenvalue weighted by Gasteiger charge is 2.38. The maximum Gasteiger partial charge on any atom is 0.490 e. The van der Waals surface area contributed by atoms with Gasteiger partial charge in [0.05, 0.1) is 12.3 Å². The summed E-state index contributed by atoms with van der Waals surface area (Å²) in [4.78, 5) is 37.3. The number of carbonyl (C=O) groups excluding carboxylic acids is 1. The molecule has 0 bridgehead atoms. The molecular formula is C23H23F3N4O5. The first-order chi connectivity index (χ1) is 16.6. The third kappa shape index (κ3) is 8.91. The van der Waals surface area contributed by atoms with Crippen molar-refractivity contribution in [1.82, 2.24) is 20.5 Å². The molecule has 0 unspecified atom stereocenters. The highest BCUT2D eigenvalue weighted by atomic mass is 19.4. The van der Waals surface area contributed by atoms with Crippen molar-refractivity contribution in [3.8, 4) is 17.0 Å². The number of amides is 1. The van der Waals surface area contributed by atoms with Crippen LogP contribution in [0.25, 0.3) is 11.3 Å². The fourth-order valence-corrected chi connectivity index (χ4v) is 2.56. The number of unbranched alkanes of at least 4 members (excludes halogenated alkanes) is 1. The van der Waals surface area contributed by atoms with E-state index in [1.807, 2.05) is 24.3 Å². The maximum absolute atomic E-state index is 12.5. The number of aromatic amines is 1. The van der Waals surface area contributed by atoms with Gasteiger partial charge >= 0.3 is 12.1 Å². The van der Waals surface area contributed by atoms with Crippen molar-refractivity contribution < 1.29 is 32.6 Å². The van der Waals surface area contributed by atoms with Crippen LogP contribution in [0.5, 0.6) is 5.75 Å². The molecule has 3 rings (SSSR count). The molecule has 3 aromatic rings. The molecule has 0 saturated carbocycles. The molecule has 3 N–H and O–H groups in total. The van der Waals surface area contributed by atoms with Crippen LogP contribution in [-0.4, -0.2) is 44.9 Å². The monoisotopic (exact) mass is 492 g/mol. The Morgan fingerprint density at radius 3 is 2.31 bits per heavy atom. The molecule has 186 valence electrons. The van der Waals surface area contributed by atoms with Gasteiger partial charge in [-0.1, -0.05) is 25.5 Å². The zero-order chi connectivity index (χ0) is 25.8. The predicted molar refractivity (Wildman–Crippen MR) is 120 cm³/mol. The molecule has 1 aromatic carbocycles. The number of ether oxygens (including phenoxy) is 1. The van der Waals surface area contributed by atoms with Crippen molar-refractivity contribution in [3.63, 3.8) is 0 Å². The number of nitrogens with one attached hydrogen (secondary N) is 2. The fraction of sp³-hybridized carbons (Fsp3) is 0.261. The molecule has 0 radical (unpaired) electrons. The minimum atomic E-state index is -5.08. The van der Waals surface area contributed by atoms with E-state index in [0.29, 0.717) is 18.8 Å². The number of aliphatic carboxylic acids is 1. The third-order valence-corrected chi connectivity index (χ3v) is 4.41. The molecule has 0 aliphatic heterocycles. The van der Waals surface area contributed by atoms with Gasteiger partial charge in [0.25, 0.3) is 11.5 Å². The summed E-state index contributed by atoms with van der Waals surface area (Å²) in [5.41, 5.74) is 1.66. The Bertz CT molecular complexity index is 1170. The van der Waals surface area contributed by atoms with E-state index in [9.17, 15) is 22.8 Å². The van der Waals surface area contributed by atoms with Crippen LogP contribution in [0.1, 0.15) is 35.7 Å². The Morgan fingerprint density at radius 1 is 1.11 bits per heavy atom. The van der Waals surface area contributed by atoms with Gasteiger partial charge in [0, 0.05) is 24.5 Å². The number of rotatable bonds is 8. The van der Waals surface area contributed by atoms with Gasteiger partial charge in [0.2, 0.25) is 0 Å². The van der Waals surface area contributed by atoms with Crippen LogP contribution in [0.4, 0.5) is 13.2 Å². The second kappa shape index (κ2) is 12.9. The van der Waals surface area contributed by atoms with Gasteiger partial charge in [-0.3, -0.25) is 14.6 Å². The summed E-state index contributed by atoms with van der Waals surface area (Å²) in [5, 5.41) is 16.3. The van der Waals surface area contributed by atoms with Crippen molar-refractivity contribution in [1.29, 1.82) is 0 Å². The van der Waals surface area contributed by atoms with E-state index < -0.39 is 23.6 Å². The molecule has 9 nitrogen and oxygen atoms in total. The molecule has 0 aliphatic rings. The number of hydrogen-bond donors (Lipinski definition) is 3. The van der Waals surface area contributed by atoms with Gasteiger partial charge in [0.1, 0.15) is 11.3 Å². The number of hydrogen-bond acceptors (Lipinski definition) is 6.